The first-order valence-corrected chi connectivity index (χ1v) is 10.5. The minimum atomic E-state index is -0.179. The maximum atomic E-state index is 12.4. The molecule has 3 aromatic carbocycles. The lowest BCUT2D eigenvalue weighted by Crippen LogP contribution is -2.08. The van der Waals surface area contributed by atoms with Gasteiger partial charge in [-0.2, -0.15) is 0 Å². The van der Waals surface area contributed by atoms with Gasteiger partial charge in [-0.3, -0.25) is 4.79 Å². The molecule has 0 aliphatic carbocycles. The zero-order chi connectivity index (χ0) is 21.2. The Hall–Kier alpha value is -3.27. The molecule has 0 bridgehead atoms. The van der Waals surface area contributed by atoms with E-state index in [1.54, 1.807) is 13.2 Å². The highest BCUT2D eigenvalue weighted by atomic mass is 16.5. The molecular formula is C26H29NO3. The summed E-state index contributed by atoms with van der Waals surface area (Å²) < 4.78 is 11.3. The van der Waals surface area contributed by atoms with Crippen molar-refractivity contribution >= 4 is 28.4 Å². The number of hydrogen-bond donors (Lipinski definition) is 1. The summed E-state index contributed by atoms with van der Waals surface area (Å²) in [4.78, 5) is 12.4. The van der Waals surface area contributed by atoms with Gasteiger partial charge in [0.05, 0.1) is 13.7 Å². The van der Waals surface area contributed by atoms with Crippen LogP contribution in [0.4, 0.5) is 5.69 Å². The molecule has 0 heterocycles. The van der Waals surface area contributed by atoms with Crippen LogP contribution >= 0.6 is 0 Å². The Labute approximate surface area is 178 Å². The largest absolute Gasteiger partial charge is 0.493 e. The highest BCUT2D eigenvalue weighted by molar-refractivity contribution is 6.07. The average Bonchev–Trinajstić information content (AvgIpc) is 2.78. The van der Waals surface area contributed by atoms with Crippen molar-refractivity contribution < 1.29 is 14.3 Å². The standard InChI is InChI=1S/C26H29NO3/c1-3-4-5-8-18-30-24-16-14-20(19-25(24)29-2)15-17-26(28)27-23-13-9-11-21-10-6-7-12-22(21)23/h6-7,9-17,19H,3-5,8,18H2,1-2H3,(H,27,28). The average molecular weight is 404 g/mol. The molecule has 0 spiro atoms. The second kappa shape index (κ2) is 11.1. The number of ether oxygens (including phenoxy) is 2. The van der Waals surface area contributed by atoms with Gasteiger partial charge in [-0.1, -0.05) is 68.7 Å². The van der Waals surface area contributed by atoms with Crippen LogP contribution in [0, 0.1) is 0 Å². The number of amides is 1. The van der Waals surface area contributed by atoms with Crippen LogP contribution in [-0.2, 0) is 4.79 Å². The van der Waals surface area contributed by atoms with E-state index < -0.39 is 0 Å². The van der Waals surface area contributed by atoms with Crippen molar-refractivity contribution in [3.8, 4) is 11.5 Å². The first kappa shape index (κ1) is 21.4. The topological polar surface area (TPSA) is 47.6 Å². The lowest BCUT2D eigenvalue weighted by atomic mass is 10.1. The summed E-state index contributed by atoms with van der Waals surface area (Å²) in [6.45, 7) is 2.87. The number of unbranched alkanes of at least 4 members (excludes halogenated alkanes) is 3. The second-order valence-electron chi connectivity index (χ2n) is 7.17. The zero-order valence-corrected chi connectivity index (χ0v) is 17.7. The quantitative estimate of drug-likeness (QED) is 0.312. The van der Waals surface area contributed by atoms with Crippen LogP contribution in [0.5, 0.6) is 11.5 Å². The molecular weight excluding hydrogens is 374 g/mol. The van der Waals surface area contributed by atoms with E-state index in [2.05, 4.69) is 12.2 Å². The Kier molecular flexibility index (Phi) is 7.90. The zero-order valence-electron chi connectivity index (χ0n) is 17.7. The van der Waals surface area contributed by atoms with E-state index in [0.29, 0.717) is 12.4 Å². The molecule has 1 N–H and O–H groups in total. The van der Waals surface area contributed by atoms with Gasteiger partial charge >= 0.3 is 0 Å². The van der Waals surface area contributed by atoms with Gasteiger partial charge in [-0.15, -0.1) is 0 Å². The minimum absolute atomic E-state index is 0.179. The van der Waals surface area contributed by atoms with Gasteiger partial charge in [0.15, 0.2) is 11.5 Å². The van der Waals surface area contributed by atoms with Gasteiger partial charge in [0.1, 0.15) is 0 Å². The SMILES string of the molecule is CCCCCCOc1ccc(C=CC(=O)Nc2cccc3ccccc23)cc1OC. The van der Waals surface area contributed by atoms with Gasteiger partial charge in [0.2, 0.25) is 5.91 Å². The van der Waals surface area contributed by atoms with Crippen LogP contribution in [0.15, 0.2) is 66.7 Å². The van der Waals surface area contributed by atoms with Crippen LogP contribution in [0.25, 0.3) is 16.8 Å². The Balaban J connectivity index is 1.62. The Morgan fingerprint density at radius 1 is 0.967 bits per heavy atom. The minimum Gasteiger partial charge on any atom is -0.493 e. The van der Waals surface area contributed by atoms with Crippen molar-refractivity contribution in [2.75, 3.05) is 19.0 Å². The molecule has 3 rings (SSSR count). The van der Waals surface area contributed by atoms with Crippen LogP contribution in [-0.4, -0.2) is 19.6 Å². The van der Waals surface area contributed by atoms with E-state index in [1.165, 1.54) is 25.3 Å². The van der Waals surface area contributed by atoms with E-state index >= 15 is 0 Å². The van der Waals surface area contributed by atoms with Crippen molar-refractivity contribution in [1.29, 1.82) is 0 Å². The fourth-order valence-corrected chi connectivity index (χ4v) is 3.30. The molecule has 0 saturated heterocycles. The highest BCUT2D eigenvalue weighted by Gasteiger charge is 2.06. The Bertz CT molecular complexity index is 1000. The van der Waals surface area contributed by atoms with E-state index in [-0.39, 0.29) is 5.91 Å². The van der Waals surface area contributed by atoms with Gasteiger partial charge in [-0.05, 0) is 41.6 Å². The number of nitrogens with one attached hydrogen (secondary N) is 1. The van der Waals surface area contributed by atoms with Gasteiger partial charge in [-0.25, -0.2) is 0 Å². The lowest BCUT2D eigenvalue weighted by Gasteiger charge is -2.11. The molecule has 1 amide bonds. The van der Waals surface area contributed by atoms with Gasteiger partial charge in [0.25, 0.3) is 0 Å². The lowest BCUT2D eigenvalue weighted by molar-refractivity contribution is -0.111. The molecule has 4 heteroatoms. The summed E-state index contributed by atoms with van der Waals surface area (Å²) in [6, 6.07) is 19.5. The molecule has 0 aromatic heterocycles. The summed E-state index contributed by atoms with van der Waals surface area (Å²) >= 11 is 0. The van der Waals surface area contributed by atoms with Crippen molar-refractivity contribution in [3.63, 3.8) is 0 Å². The van der Waals surface area contributed by atoms with Gasteiger partial charge in [0, 0.05) is 17.1 Å². The van der Waals surface area contributed by atoms with Crippen molar-refractivity contribution in [1.82, 2.24) is 0 Å². The van der Waals surface area contributed by atoms with Crippen molar-refractivity contribution in [2.45, 2.75) is 32.6 Å². The highest BCUT2D eigenvalue weighted by Crippen LogP contribution is 2.29. The Morgan fingerprint density at radius 3 is 2.63 bits per heavy atom. The number of fused-ring (bicyclic) bond motifs is 1. The third-order valence-corrected chi connectivity index (χ3v) is 4.92. The molecule has 4 nitrogen and oxygen atoms in total. The maximum absolute atomic E-state index is 12.4. The first-order chi connectivity index (χ1) is 14.7. The summed E-state index contributed by atoms with van der Waals surface area (Å²) in [5.41, 5.74) is 1.67. The molecule has 0 aliphatic rings. The smallest absolute Gasteiger partial charge is 0.248 e. The van der Waals surface area contributed by atoms with Crippen molar-refractivity contribution in [2.24, 2.45) is 0 Å². The fraction of sp³-hybridized carbons (Fsp3) is 0.269. The third-order valence-electron chi connectivity index (χ3n) is 4.92. The summed E-state index contributed by atoms with van der Waals surface area (Å²) in [5, 5.41) is 5.07. The third kappa shape index (κ3) is 5.86. The molecule has 0 aliphatic heterocycles. The predicted octanol–water partition coefficient (Wildman–Crippen LogP) is 6.46. The summed E-state index contributed by atoms with van der Waals surface area (Å²) in [6.07, 6.45) is 7.94. The van der Waals surface area contributed by atoms with E-state index in [1.807, 2.05) is 60.7 Å². The van der Waals surface area contributed by atoms with Crippen LogP contribution in [0.1, 0.15) is 38.2 Å². The number of rotatable bonds is 10. The summed E-state index contributed by atoms with van der Waals surface area (Å²) in [7, 11) is 1.62. The number of carbonyl (C=O) groups is 1. The number of benzene rings is 3. The molecule has 3 aromatic rings. The van der Waals surface area contributed by atoms with Crippen LogP contribution < -0.4 is 14.8 Å². The fourth-order valence-electron chi connectivity index (χ4n) is 3.30. The Morgan fingerprint density at radius 2 is 1.80 bits per heavy atom. The van der Waals surface area contributed by atoms with E-state index in [0.717, 1.165) is 34.2 Å². The number of carbonyl (C=O) groups excluding carboxylic acids is 1. The maximum Gasteiger partial charge on any atom is 0.248 e. The molecule has 0 radical (unpaired) electrons. The first-order valence-electron chi connectivity index (χ1n) is 10.5. The monoisotopic (exact) mass is 403 g/mol. The molecule has 0 saturated carbocycles. The van der Waals surface area contributed by atoms with Gasteiger partial charge < -0.3 is 14.8 Å². The predicted molar refractivity (Wildman–Crippen MR) is 124 cm³/mol. The molecule has 0 unspecified atom stereocenters. The van der Waals surface area contributed by atoms with Crippen LogP contribution in [0.2, 0.25) is 0 Å². The number of methoxy groups -OCH3 is 1. The second-order valence-corrected chi connectivity index (χ2v) is 7.17. The number of anilines is 1. The normalized spacial score (nSPS) is 11.0. The number of hydrogen-bond acceptors (Lipinski definition) is 3. The molecule has 0 atom stereocenters. The molecule has 0 fully saturated rings. The van der Waals surface area contributed by atoms with Crippen LogP contribution in [0.3, 0.4) is 0 Å². The van der Waals surface area contributed by atoms with E-state index in [9.17, 15) is 4.79 Å². The molecule has 30 heavy (non-hydrogen) atoms. The molecule has 156 valence electrons. The summed E-state index contributed by atoms with van der Waals surface area (Å²) in [5.74, 6) is 1.22. The van der Waals surface area contributed by atoms with Crippen molar-refractivity contribution in [3.05, 3.63) is 72.3 Å². The van der Waals surface area contributed by atoms with E-state index in [4.69, 9.17) is 9.47 Å².